The molecule has 1 aromatic rings. The highest BCUT2D eigenvalue weighted by molar-refractivity contribution is 7.90. The zero-order valence-corrected chi connectivity index (χ0v) is 15.0. The summed E-state index contributed by atoms with van der Waals surface area (Å²) in [5.41, 5.74) is 0.856. The Morgan fingerprint density at radius 2 is 2.09 bits per heavy atom. The monoisotopic (exact) mass is 365 g/mol. The summed E-state index contributed by atoms with van der Waals surface area (Å²) in [5.74, 6) is -0.138. The Kier molecular flexibility index (Phi) is 6.14. The SMILES string of the molecule is CC(C)NS(=O)(=O)C1CCOCC1Cc1cc(Cl)ccc1Cl. The Bertz CT molecular complexity index is 619. The molecule has 1 heterocycles. The van der Waals surface area contributed by atoms with E-state index < -0.39 is 15.3 Å². The van der Waals surface area contributed by atoms with Gasteiger partial charge in [0, 0.05) is 28.6 Å². The van der Waals surface area contributed by atoms with Crippen LogP contribution in [0.25, 0.3) is 0 Å². The number of rotatable bonds is 5. The van der Waals surface area contributed by atoms with Gasteiger partial charge in [0.2, 0.25) is 10.0 Å². The van der Waals surface area contributed by atoms with Crippen LogP contribution in [0.5, 0.6) is 0 Å². The summed E-state index contributed by atoms with van der Waals surface area (Å²) >= 11 is 12.2. The molecule has 1 aliphatic heterocycles. The van der Waals surface area contributed by atoms with E-state index >= 15 is 0 Å². The van der Waals surface area contributed by atoms with Crippen molar-refractivity contribution in [2.75, 3.05) is 13.2 Å². The van der Waals surface area contributed by atoms with Crippen molar-refractivity contribution in [2.24, 2.45) is 5.92 Å². The normalized spacial score (nSPS) is 23.0. The molecule has 1 saturated heterocycles. The van der Waals surface area contributed by atoms with Crippen molar-refractivity contribution in [1.29, 1.82) is 0 Å². The Labute approximate surface area is 142 Å². The van der Waals surface area contributed by atoms with Gasteiger partial charge in [-0.15, -0.1) is 0 Å². The molecule has 1 N–H and O–H groups in total. The standard InChI is InChI=1S/C15H21Cl2NO3S/c1-10(2)18-22(19,20)15-5-6-21-9-12(15)7-11-8-13(16)3-4-14(11)17/h3-4,8,10,12,15,18H,5-7,9H2,1-2H3. The van der Waals surface area contributed by atoms with Crippen LogP contribution < -0.4 is 4.72 Å². The van der Waals surface area contributed by atoms with E-state index in [1.165, 1.54) is 0 Å². The minimum absolute atomic E-state index is 0.122. The lowest BCUT2D eigenvalue weighted by atomic mass is 9.93. The molecule has 4 nitrogen and oxygen atoms in total. The van der Waals surface area contributed by atoms with Crippen molar-refractivity contribution in [2.45, 2.75) is 38.0 Å². The second kappa shape index (κ2) is 7.49. The average Bonchev–Trinajstić information content (AvgIpc) is 2.42. The lowest BCUT2D eigenvalue weighted by molar-refractivity contribution is 0.0569. The molecular formula is C15H21Cl2NO3S. The molecule has 1 aromatic carbocycles. The zero-order chi connectivity index (χ0) is 16.3. The fourth-order valence-electron chi connectivity index (χ4n) is 2.77. The van der Waals surface area contributed by atoms with Crippen molar-refractivity contribution in [3.05, 3.63) is 33.8 Å². The Hall–Kier alpha value is -0.330. The van der Waals surface area contributed by atoms with Gasteiger partial charge in [-0.25, -0.2) is 13.1 Å². The van der Waals surface area contributed by atoms with E-state index in [1.807, 2.05) is 13.8 Å². The summed E-state index contributed by atoms with van der Waals surface area (Å²) in [6.45, 7) is 4.51. The summed E-state index contributed by atoms with van der Waals surface area (Å²) in [5, 5.41) is 0.720. The highest BCUT2D eigenvalue weighted by atomic mass is 35.5. The topological polar surface area (TPSA) is 55.4 Å². The maximum absolute atomic E-state index is 12.5. The molecule has 0 radical (unpaired) electrons. The fourth-order valence-corrected chi connectivity index (χ4v) is 5.08. The van der Waals surface area contributed by atoms with Crippen molar-refractivity contribution in [3.63, 3.8) is 0 Å². The summed E-state index contributed by atoms with van der Waals surface area (Å²) in [6.07, 6.45) is 1.02. The molecule has 2 unspecified atom stereocenters. The van der Waals surface area contributed by atoms with Crippen LogP contribution in [0.2, 0.25) is 10.0 Å². The highest BCUT2D eigenvalue weighted by Gasteiger charge is 2.36. The van der Waals surface area contributed by atoms with E-state index in [2.05, 4.69) is 4.72 Å². The van der Waals surface area contributed by atoms with Gasteiger partial charge in [-0.2, -0.15) is 0 Å². The maximum Gasteiger partial charge on any atom is 0.215 e. The number of nitrogens with one attached hydrogen (secondary N) is 1. The molecule has 22 heavy (non-hydrogen) atoms. The molecule has 0 aliphatic carbocycles. The maximum atomic E-state index is 12.5. The van der Waals surface area contributed by atoms with Crippen LogP contribution in [0, 0.1) is 5.92 Å². The molecule has 7 heteroatoms. The number of halogens is 2. The van der Waals surface area contributed by atoms with Gasteiger partial charge in [0.05, 0.1) is 11.9 Å². The van der Waals surface area contributed by atoms with Gasteiger partial charge in [-0.3, -0.25) is 0 Å². The van der Waals surface area contributed by atoms with Crippen molar-refractivity contribution in [1.82, 2.24) is 4.72 Å². The summed E-state index contributed by atoms with van der Waals surface area (Å²) in [7, 11) is -3.38. The van der Waals surface area contributed by atoms with Crippen LogP contribution in [-0.2, 0) is 21.2 Å². The van der Waals surface area contributed by atoms with Gasteiger partial charge in [0.25, 0.3) is 0 Å². The van der Waals surface area contributed by atoms with E-state index in [4.69, 9.17) is 27.9 Å². The van der Waals surface area contributed by atoms with Crippen LogP contribution in [0.15, 0.2) is 18.2 Å². The molecule has 0 bridgehead atoms. The molecule has 1 fully saturated rings. The largest absolute Gasteiger partial charge is 0.381 e. The molecule has 124 valence electrons. The van der Waals surface area contributed by atoms with Gasteiger partial charge < -0.3 is 4.74 Å². The Morgan fingerprint density at radius 3 is 2.77 bits per heavy atom. The molecule has 0 amide bonds. The number of hydrogen-bond donors (Lipinski definition) is 1. The number of hydrogen-bond acceptors (Lipinski definition) is 3. The van der Waals surface area contributed by atoms with Gasteiger partial charge in [0.15, 0.2) is 0 Å². The van der Waals surface area contributed by atoms with Crippen LogP contribution in [-0.4, -0.2) is 32.9 Å². The minimum atomic E-state index is -3.38. The van der Waals surface area contributed by atoms with E-state index in [0.29, 0.717) is 36.1 Å². The minimum Gasteiger partial charge on any atom is -0.381 e. The number of benzene rings is 1. The smallest absolute Gasteiger partial charge is 0.215 e. The third-order valence-electron chi connectivity index (χ3n) is 3.69. The van der Waals surface area contributed by atoms with E-state index in [9.17, 15) is 8.42 Å². The first-order chi connectivity index (χ1) is 10.3. The molecule has 0 spiro atoms. The van der Waals surface area contributed by atoms with Crippen molar-refractivity contribution in [3.8, 4) is 0 Å². The van der Waals surface area contributed by atoms with E-state index in [0.717, 1.165) is 5.56 Å². The summed E-state index contributed by atoms with van der Waals surface area (Å²) in [4.78, 5) is 0. The molecule has 2 rings (SSSR count). The van der Waals surface area contributed by atoms with Crippen LogP contribution in [0.3, 0.4) is 0 Å². The average molecular weight is 366 g/mol. The second-order valence-corrected chi connectivity index (χ2v) is 8.69. The predicted octanol–water partition coefficient (Wildman–Crippen LogP) is 3.27. The van der Waals surface area contributed by atoms with Crippen LogP contribution in [0.4, 0.5) is 0 Å². The quantitative estimate of drug-likeness (QED) is 0.870. The lowest BCUT2D eigenvalue weighted by Crippen LogP contribution is -2.46. The molecular weight excluding hydrogens is 345 g/mol. The Morgan fingerprint density at radius 1 is 1.36 bits per heavy atom. The predicted molar refractivity (Wildman–Crippen MR) is 90.1 cm³/mol. The van der Waals surface area contributed by atoms with Crippen LogP contribution in [0.1, 0.15) is 25.8 Å². The first-order valence-electron chi connectivity index (χ1n) is 7.32. The third-order valence-corrected chi connectivity index (χ3v) is 6.51. The molecule has 2 atom stereocenters. The fraction of sp³-hybridized carbons (Fsp3) is 0.600. The molecule has 0 saturated carbocycles. The van der Waals surface area contributed by atoms with Crippen molar-refractivity contribution < 1.29 is 13.2 Å². The highest BCUT2D eigenvalue weighted by Crippen LogP contribution is 2.29. The van der Waals surface area contributed by atoms with E-state index in [-0.39, 0.29) is 12.0 Å². The molecule has 1 aliphatic rings. The first-order valence-corrected chi connectivity index (χ1v) is 9.62. The van der Waals surface area contributed by atoms with Gasteiger partial charge in [-0.05, 0) is 50.5 Å². The lowest BCUT2D eigenvalue weighted by Gasteiger charge is -2.32. The van der Waals surface area contributed by atoms with Gasteiger partial charge in [0.1, 0.15) is 0 Å². The van der Waals surface area contributed by atoms with E-state index in [1.54, 1.807) is 18.2 Å². The van der Waals surface area contributed by atoms with Gasteiger partial charge in [-0.1, -0.05) is 23.2 Å². The van der Waals surface area contributed by atoms with Gasteiger partial charge >= 0.3 is 0 Å². The molecule has 0 aromatic heterocycles. The second-order valence-electron chi connectivity index (χ2n) is 5.92. The number of sulfonamides is 1. The third kappa shape index (κ3) is 4.59. The summed E-state index contributed by atoms with van der Waals surface area (Å²) in [6, 6.07) is 5.12. The Balaban J connectivity index is 2.21. The summed E-state index contributed by atoms with van der Waals surface area (Å²) < 4.78 is 33.2. The van der Waals surface area contributed by atoms with Crippen LogP contribution >= 0.6 is 23.2 Å². The number of ether oxygens (including phenoxy) is 1. The van der Waals surface area contributed by atoms with Crippen molar-refractivity contribution >= 4 is 33.2 Å². The zero-order valence-electron chi connectivity index (χ0n) is 12.7. The first kappa shape index (κ1) is 18.0.